The average molecular weight is 243 g/mol. The van der Waals surface area contributed by atoms with Gasteiger partial charge in [-0.15, -0.1) is 0 Å². The van der Waals surface area contributed by atoms with Gasteiger partial charge in [-0.25, -0.2) is 9.59 Å². The molecule has 0 aromatic rings. The minimum absolute atomic E-state index is 0.0700. The van der Waals surface area contributed by atoms with Crippen LogP contribution in [0.25, 0.3) is 0 Å². The van der Waals surface area contributed by atoms with E-state index >= 15 is 0 Å². The Morgan fingerprint density at radius 1 is 1.29 bits per heavy atom. The molecule has 0 aromatic carbocycles. The third-order valence-corrected chi connectivity index (χ3v) is 1.34. The Labute approximate surface area is 102 Å². The van der Waals surface area contributed by atoms with Crippen molar-refractivity contribution in [2.24, 2.45) is 0 Å². The van der Waals surface area contributed by atoms with Crippen molar-refractivity contribution in [2.45, 2.75) is 26.3 Å². The highest BCUT2D eigenvalue weighted by molar-refractivity contribution is 5.81. The molecule has 5 heteroatoms. The molecule has 0 aliphatic heterocycles. The summed E-state index contributed by atoms with van der Waals surface area (Å²) < 4.78 is 4.77. The molecule has 17 heavy (non-hydrogen) atoms. The molecule has 0 aromatic heterocycles. The summed E-state index contributed by atoms with van der Waals surface area (Å²) in [5.74, 6) is -1.35. The number of carboxylic acid groups (broad SMARTS) is 1. The Bertz CT molecular complexity index is 266. The molecule has 0 saturated heterocycles. The number of carbonyl (C=O) groups is 2. The van der Waals surface area contributed by atoms with Gasteiger partial charge in [0, 0.05) is 24.2 Å². The van der Waals surface area contributed by atoms with Crippen LogP contribution in [0.15, 0.2) is 25.3 Å². The summed E-state index contributed by atoms with van der Waals surface area (Å²) in [4.78, 5) is 19.8. The number of esters is 1. The Morgan fingerprint density at radius 2 is 1.76 bits per heavy atom. The molecule has 0 spiro atoms. The summed E-state index contributed by atoms with van der Waals surface area (Å²) in [5, 5.41) is 10.8. The van der Waals surface area contributed by atoms with Crippen LogP contribution in [0.3, 0.4) is 0 Å². The van der Waals surface area contributed by atoms with Crippen LogP contribution in [-0.2, 0) is 14.3 Å². The standard InChI is InChI=1S/C9H17NO2.C3H4O2/c1-5-8(11)12-7-6-10-9(2,3)4;1-2-3(4)5/h5,10H,1,6-7H2,2-4H3;2H,1H2,(H,4,5). The van der Waals surface area contributed by atoms with Gasteiger partial charge in [0.25, 0.3) is 0 Å². The topological polar surface area (TPSA) is 75.6 Å². The number of carbonyl (C=O) groups excluding carboxylic acids is 1. The van der Waals surface area contributed by atoms with Crippen LogP contribution in [-0.4, -0.2) is 35.7 Å². The van der Waals surface area contributed by atoms with Crippen molar-refractivity contribution in [1.29, 1.82) is 0 Å². The Kier molecular flexibility index (Phi) is 10.0. The van der Waals surface area contributed by atoms with Crippen LogP contribution in [0.4, 0.5) is 0 Å². The highest BCUT2D eigenvalue weighted by Crippen LogP contribution is 1.96. The molecule has 98 valence electrons. The smallest absolute Gasteiger partial charge is 0.330 e. The predicted octanol–water partition coefficient (Wildman–Crippen LogP) is 1.36. The quantitative estimate of drug-likeness (QED) is 0.433. The average Bonchev–Trinajstić information content (AvgIpc) is 2.23. The van der Waals surface area contributed by atoms with E-state index in [2.05, 4.69) is 39.2 Å². The normalized spacial score (nSPS) is 9.59. The minimum Gasteiger partial charge on any atom is -0.478 e. The van der Waals surface area contributed by atoms with Gasteiger partial charge in [-0.05, 0) is 20.8 Å². The SMILES string of the molecule is C=CC(=O)O.C=CC(=O)OCCNC(C)(C)C. The van der Waals surface area contributed by atoms with Crippen molar-refractivity contribution in [3.63, 3.8) is 0 Å². The van der Waals surface area contributed by atoms with Crippen molar-refractivity contribution in [3.8, 4) is 0 Å². The molecular formula is C12H21NO4. The van der Waals surface area contributed by atoms with Crippen LogP contribution in [0, 0.1) is 0 Å². The Hall–Kier alpha value is -1.62. The van der Waals surface area contributed by atoms with Gasteiger partial charge in [-0.3, -0.25) is 0 Å². The summed E-state index contributed by atoms with van der Waals surface area (Å²) in [6, 6.07) is 0. The Morgan fingerprint density at radius 3 is 2.06 bits per heavy atom. The Balaban J connectivity index is 0. The second-order valence-corrected chi connectivity index (χ2v) is 4.09. The number of hydrogen-bond acceptors (Lipinski definition) is 4. The van der Waals surface area contributed by atoms with Gasteiger partial charge < -0.3 is 15.2 Å². The molecule has 0 atom stereocenters. The van der Waals surface area contributed by atoms with Gasteiger partial charge in [0.05, 0.1) is 0 Å². The van der Waals surface area contributed by atoms with Crippen LogP contribution in [0.5, 0.6) is 0 Å². The first kappa shape index (κ1) is 17.8. The lowest BCUT2D eigenvalue weighted by molar-refractivity contribution is -0.137. The second-order valence-electron chi connectivity index (χ2n) is 4.09. The lowest BCUT2D eigenvalue weighted by Crippen LogP contribution is -2.38. The lowest BCUT2D eigenvalue weighted by atomic mass is 10.1. The van der Waals surface area contributed by atoms with E-state index in [1.165, 1.54) is 0 Å². The zero-order chi connectivity index (χ0) is 13.9. The molecule has 0 aliphatic carbocycles. The van der Waals surface area contributed by atoms with Crippen molar-refractivity contribution in [2.75, 3.05) is 13.2 Å². The van der Waals surface area contributed by atoms with Crippen LogP contribution >= 0.6 is 0 Å². The van der Waals surface area contributed by atoms with Crippen molar-refractivity contribution in [3.05, 3.63) is 25.3 Å². The van der Waals surface area contributed by atoms with E-state index in [0.717, 1.165) is 12.2 Å². The fourth-order valence-corrected chi connectivity index (χ4v) is 0.637. The van der Waals surface area contributed by atoms with E-state index in [-0.39, 0.29) is 11.5 Å². The molecule has 0 rings (SSSR count). The number of hydrogen-bond donors (Lipinski definition) is 2. The van der Waals surface area contributed by atoms with E-state index in [0.29, 0.717) is 13.2 Å². The largest absolute Gasteiger partial charge is 0.478 e. The molecule has 0 aliphatic rings. The summed E-state index contributed by atoms with van der Waals surface area (Å²) in [7, 11) is 0. The molecule has 0 amide bonds. The third-order valence-electron chi connectivity index (χ3n) is 1.34. The van der Waals surface area contributed by atoms with E-state index in [4.69, 9.17) is 9.84 Å². The van der Waals surface area contributed by atoms with E-state index in [9.17, 15) is 9.59 Å². The summed E-state index contributed by atoms with van der Waals surface area (Å²) in [5.41, 5.74) is 0.0700. The number of nitrogens with one attached hydrogen (secondary N) is 1. The molecule has 0 saturated carbocycles. The first-order chi connectivity index (χ1) is 7.72. The highest BCUT2D eigenvalue weighted by atomic mass is 16.5. The van der Waals surface area contributed by atoms with Crippen molar-refractivity contribution < 1.29 is 19.4 Å². The number of carboxylic acids is 1. The molecule has 0 radical (unpaired) electrons. The molecule has 2 N–H and O–H groups in total. The van der Waals surface area contributed by atoms with Crippen LogP contribution in [0.2, 0.25) is 0 Å². The zero-order valence-electron chi connectivity index (χ0n) is 10.7. The molecule has 0 bridgehead atoms. The maximum absolute atomic E-state index is 10.6. The first-order valence-corrected chi connectivity index (χ1v) is 5.12. The second kappa shape index (κ2) is 9.59. The number of rotatable bonds is 5. The molecular weight excluding hydrogens is 222 g/mol. The molecule has 5 nitrogen and oxygen atoms in total. The molecule has 0 fully saturated rings. The van der Waals surface area contributed by atoms with Gasteiger partial charge in [0.1, 0.15) is 6.61 Å². The van der Waals surface area contributed by atoms with Gasteiger partial charge in [-0.1, -0.05) is 13.2 Å². The first-order valence-electron chi connectivity index (χ1n) is 5.12. The molecule has 0 unspecified atom stereocenters. The summed E-state index contributed by atoms with van der Waals surface area (Å²) >= 11 is 0. The third kappa shape index (κ3) is 20.5. The highest BCUT2D eigenvalue weighted by Gasteiger charge is 2.07. The van der Waals surface area contributed by atoms with E-state index in [1.54, 1.807) is 0 Å². The maximum Gasteiger partial charge on any atom is 0.330 e. The summed E-state index contributed by atoms with van der Waals surface area (Å²) in [6.45, 7) is 13.5. The summed E-state index contributed by atoms with van der Waals surface area (Å²) in [6.07, 6.45) is 2.00. The lowest BCUT2D eigenvalue weighted by Gasteiger charge is -2.19. The van der Waals surface area contributed by atoms with Gasteiger partial charge >= 0.3 is 11.9 Å². The fourth-order valence-electron chi connectivity index (χ4n) is 0.637. The predicted molar refractivity (Wildman–Crippen MR) is 66.7 cm³/mol. The monoisotopic (exact) mass is 243 g/mol. The van der Waals surface area contributed by atoms with E-state index in [1.807, 2.05) is 0 Å². The number of aliphatic carboxylic acids is 1. The van der Waals surface area contributed by atoms with Crippen molar-refractivity contribution >= 4 is 11.9 Å². The molecule has 0 heterocycles. The minimum atomic E-state index is -0.981. The van der Waals surface area contributed by atoms with Crippen LogP contribution in [0.1, 0.15) is 20.8 Å². The van der Waals surface area contributed by atoms with Gasteiger partial charge in [0.15, 0.2) is 0 Å². The van der Waals surface area contributed by atoms with Gasteiger partial charge in [0.2, 0.25) is 0 Å². The zero-order valence-corrected chi connectivity index (χ0v) is 10.7. The fraction of sp³-hybridized carbons (Fsp3) is 0.500. The van der Waals surface area contributed by atoms with Crippen LogP contribution < -0.4 is 5.32 Å². The van der Waals surface area contributed by atoms with Crippen molar-refractivity contribution in [1.82, 2.24) is 5.32 Å². The van der Waals surface area contributed by atoms with Gasteiger partial charge in [-0.2, -0.15) is 0 Å². The van der Waals surface area contributed by atoms with E-state index < -0.39 is 5.97 Å². The number of ether oxygens (including phenoxy) is 1. The maximum atomic E-state index is 10.6.